The van der Waals surface area contributed by atoms with Crippen molar-refractivity contribution in [2.24, 2.45) is 0 Å². The standard InChI is InChI=1S/C22H18F3NO3S/c1-3-29-21(28)18-16(14-10-8-13(2)9-11-14)12-30-20(18)26-19(27)15-6-4-5-7-17(15)22(23,24)25/h4-12H,3H2,1-2H3,(H,26,27). The van der Waals surface area contributed by atoms with Gasteiger partial charge in [-0.3, -0.25) is 4.79 Å². The lowest BCUT2D eigenvalue weighted by molar-refractivity contribution is -0.137. The summed E-state index contributed by atoms with van der Waals surface area (Å²) in [7, 11) is 0. The van der Waals surface area contributed by atoms with Crippen LogP contribution in [0, 0.1) is 6.92 Å². The van der Waals surface area contributed by atoms with Gasteiger partial charge in [0.2, 0.25) is 0 Å². The van der Waals surface area contributed by atoms with E-state index in [2.05, 4.69) is 5.32 Å². The molecule has 156 valence electrons. The Morgan fingerprint density at radius 1 is 1.07 bits per heavy atom. The Bertz CT molecular complexity index is 1070. The second-order valence-corrected chi connectivity index (χ2v) is 7.32. The Labute approximate surface area is 175 Å². The molecule has 0 aliphatic carbocycles. The van der Waals surface area contributed by atoms with Crippen molar-refractivity contribution in [2.45, 2.75) is 20.0 Å². The molecule has 3 rings (SSSR count). The lowest BCUT2D eigenvalue weighted by atomic mass is 10.0. The number of ether oxygens (including phenoxy) is 1. The number of carbonyl (C=O) groups excluding carboxylic acids is 2. The van der Waals surface area contributed by atoms with Crippen LogP contribution in [-0.4, -0.2) is 18.5 Å². The maximum atomic E-state index is 13.3. The lowest BCUT2D eigenvalue weighted by Crippen LogP contribution is -2.19. The van der Waals surface area contributed by atoms with Crippen LogP contribution in [0.2, 0.25) is 0 Å². The van der Waals surface area contributed by atoms with Crippen molar-refractivity contribution in [3.8, 4) is 11.1 Å². The number of carbonyl (C=O) groups is 2. The summed E-state index contributed by atoms with van der Waals surface area (Å²) in [6, 6.07) is 11.9. The van der Waals surface area contributed by atoms with E-state index in [1.807, 2.05) is 31.2 Å². The summed E-state index contributed by atoms with van der Waals surface area (Å²) in [6.07, 6.45) is -4.68. The van der Waals surface area contributed by atoms with Gasteiger partial charge in [-0.15, -0.1) is 11.3 Å². The maximum Gasteiger partial charge on any atom is 0.417 e. The molecule has 4 nitrogen and oxygen atoms in total. The Morgan fingerprint density at radius 2 is 1.73 bits per heavy atom. The largest absolute Gasteiger partial charge is 0.462 e. The van der Waals surface area contributed by atoms with Gasteiger partial charge < -0.3 is 10.1 Å². The minimum absolute atomic E-state index is 0.114. The average Bonchev–Trinajstić information content (AvgIpc) is 3.11. The van der Waals surface area contributed by atoms with Gasteiger partial charge in [-0.05, 0) is 31.5 Å². The van der Waals surface area contributed by atoms with Crippen LogP contribution in [0.5, 0.6) is 0 Å². The number of nitrogens with one attached hydrogen (secondary N) is 1. The number of esters is 1. The van der Waals surface area contributed by atoms with Crippen molar-refractivity contribution in [1.82, 2.24) is 0 Å². The molecule has 0 saturated heterocycles. The first-order valence-corrected chi connectivity index (χ1v) is 9.93. The molecule has 0 radical (unpaired) electrons. The highest BCUT2D eigenvalue weighted by atomic mass is 32.1. The van der Waals surface area contributed by atoms with Crippen LogP contribution in [0.15, 0.2) is 53.9 Å². The summed E-state index contributed by atoms with van der Waals surface area (Å²) in [5, 5.41) is 4.26. The molecule has 30 heavy (non-hydrogen) atoms. The molecule has 0 aliphatic rings. The predicted molar refractivity (Wildman–Crippen MR) is 110 cm³/mol. The topological polar surface area (TPSA) is 55.4 Å². The van der Waals surface area contributed by atoms with E-state index in [1.54, 1.807) is 12.3 Å². The smallest absolute Gasteiger partial charge is 0.417 e. The minimum atomic E-state index is -4.68. The number of rotatable bonds is 5. The molecule has 0 fully saturated rings. The third kappa shape index (κ3) is 4.54. The molecule has 0 bridgehead atoms. The van der Waals surface area contributed by atoms with E-state index in [0.717, 1.165) is 34.6 Å². The molecule has 2 aromatic carbocycles. The molecular formula is C22H18F3NO3S. The number of anilines is 1. The molecule has 3 aromatic rings. The molecule has 0 aliphatic heterocycles. The Kier molecular flexibility index (Phi) is 6.26. The fourth-order valence-electron chi connectivity index (χ4n) is 2.90. The summed E-state index contributed by atoms with van der Waals surface area (Å²) in [6.45, 7) is 3.69. The van der Waals surface area contributed by atoms with Crippen LogP contribution in [0.3, 0.4) is 0 Å². The number of benzene rings is 2. The maximum absolute atomic E-state index is 13.3. The van der Waals surface area contributed by atoms with Crippen molar-refractivity contribution in [1.29, 1.82) is 0 Å². The van der Waals surface area contributed by atoms with Crippen molar-refractivity contribution in [2.75, 3.05) is 11.9 Å². The van der Waals surface area contributed by atoms with Gasteiger partial charge in [0.05, 0.1) is 17.7 Å². The monoisotopic (exact) mass is 433 g/mol. The molecule has 1 heterocycles. The summed E-state index contributed by atoms with van der Waals surface area (Å²) >= 11 is 1.05. The number of amides is 1. The van der Waals surface area contributed by atoms with E-state index in [1.165, 1.54) is 12.1 Å². The van der Waals surface area contributed by atoms with Crippen molar-refractivity contribution < 1.29 is 27.5 Å². The first kappa shape index (κ1) is 21.6. The molecule has 0 spiro atoms. The molecule has 0 unspecified atom stereocenters. The van der Waals surface area contributed by atoms with E-state index < -0.39 is 29.2 Å². The molecule has 1 amide bonds. The predicted octanol–water partition coefficient (Wildman–Crippen LogP) is 6.17. The van der Waals surface area contributed by atoms with Crippen molar-refractivity contribution in [3.63, 3.8) is 0 Å². The van der Waals surface area contributed by atoms with E-state index in [9.17, 15) is 22.8 Å². The summed E-state index contributed by atoms with van der Waals surface area (Å²) < 4.78 is 44.9. The normalized spacial score (nSPS) is 11.2. The average molecular weight is 433 g/mol. The highest BCUT2D eigenvalue weighted by molar-refractivity contribution is 7.15. The Balaban J connectivity index is 2.02. The third-order valence-corrected chi connectivity index (χ3v) is 5.23. The summed E-state index contributed by atoms with van der Waals surface area (Å²) in [4.78, 5) is 25.2. The molecular weight excluding hydrogens is 415 g/mol. The zero-order valence-electron chi connectivity index (χ0n) is 16.2. The van der Waals surface area contributed by atoms with Crippen molar-refractivity contribution >= 4 is 28.2 Å². The molecule has 8 heteroatoms. The van der Waals surface area contributed by atoms with Gasteiger partial charge in [-0.1, -0.05) is 42.0 Å². The SMILES string of the molecule is CCOC(=O)c1c(-c2ccc(C)cc2)csc1NC(=O)c1ccccc1C(F)(F)F. The molecule has 1 aromatic heterocycles. The van der Waals surface area contributed by atoms with Gasteiger partial charge in [-0.2, -0.15) is 13.2 Å². The number of hydrogen-bond donors (Lipinski definition) is 1. The number of hydrogen-bond acceptors (Lipinski definition) is 4. The van der Waals surface area contributed by atoms with E-state index in [-0.39, 0.29) is 17.2 Å². The van der Waals surface area contributed by atoms with Crippen molar-refractivity contribution in [3.05, 3.63) is 76.2 Å². The van der Waals surface area contributed by atoms with Crippen LogP contribution in [-0.2, 0) is 10.9 Å². The minimum Gasteiger partial charge on any atom is -0.462 e. The van der Waals surface area contributed by atoms with E-state index in [4.69, 9.17) is 4.74 Å². The Hall–Kier alpha value is -3.13. The number of alkyl halides is 3. The highest BCUT2D eigenvalue weighted by Gasteiger charge is 2.35. The van der Waals surface area contributed by atoms with Crippen LogP contribution in [0.1, 0.15) is 38.8 Å². The quantitative estimate of drug-likeness (QED) is 0.490. The molecule has 0 atom stereocenters. The zero-order valence-corrected chi connectivity index (χ0v) is 17.0. The van der Waals surface area contributed by atoms with E-state index in [0.29, 0.717) is 5.56 Å². The van der Waals surface area contributed by atoms with Gasteiger partial charge in [0.15, 0.2) is 0 Å². The Morgan fingerprint density at radius 3 is 2.37 bits per heavy atom. The number of aryl methyl sites for hydroxylation is 1. The van der Waals surface area contributed by atoms with Crippen LogP contribution in [0.4, 0.5) is 18.2 Å². The summed E-state index contributed by atoms with van der Waals surface area (Å²) in [5.74, 6) is -1.61. The first-order valence-electron chi connectivity index (χ1n) is 9.05. The number of halogens is 3. The van der Waals surface area contributed by atoms with Gasteiger partial charge in [0, 0.05) is 10.9 Å². The highest BCUT2D eigenvalue weighted by Crippen LogP contribution is 2.37. The van der Waals surface area contributed by atoms with Gasteiger partial charge >= 0.3 is 12.1 Å². The number of thiophene rings is 1. The van der Waals surface area contributed by atoms with Crippen LogP contribution < -0.4 is 5.32 Å². The second kappa shape index (κ2) is 8.71. The first-order chi connectivity index (χ1) is 14.2. The van der Waals surface area contributed by atoms with Gasteiger partial charge in [0.1, 0.15) is 10.6 Å². The zero-order chi connectivity index (χ0) is 21.9. The molecule has 1 N–H and O–H groups in total. The van der Waals surface area contributed by atoms with Gasteiger partial charge in [-0.25, -0.2) is 4.79 Å². The third-order valence-electron chi connectivity index (χ3n) is 4.34. The lowest BCUT2D eigenvalue weighted by Gasteiger charge is -2.13. The molecule has 0 saturated carbocycles. The summed E-state index contributed by atoms with van der Waals surface area (Å²) in [5.41, 5.74) is 0.849. The van der Waals surface area contributed by atoms with E-state index >= 15 is 0 Å². The second-order valence-electron chi connectivity index (χ2n) is 6.44. The van der Waals surface area contributed by atoms with Crippen LogP contribution >= 0.6 is 11.3 Å². The fraction of sp³-hybridized carbons (Fsp3) is 0.182. The fourth-order valence-corrected chi connectivity index (χ4v) is 3.85. The van der Waals surface area contributed by atoms with Gasteiger partial charge in [0.25, 0.3) is 5.91 Å². The van der Waals surface area contributed by atoms with Crippen LogP contribution in [0.25, 0.3) is 11.1 Å².